The average Bonchev–Trinajstić information content (AvgIpc) is 3.24. The van der Waals surface area contributed by atoms with Gasteiger partial charge in [-0.2, -0.15) is 5.10 Å². The van der Waals surface area contributed by atoms with Gasteiger partial charge in [-0.1, -0.05) is 29.8 Å². The number of nitrogens with zero attached hydrogens (tertiary/aromatic N) is 2. The summed E-state index contributed by atoms with van der Waals surface area (Å²) in [5.41, 5.74) is 3.37. The number of rotatable bonds is 6. The molecule has 0 unspecified atom stereocenters. The number of halogens is 2. The van der Waals surface area contributed by atoms with Crippen LogP contribution in [0, 0.1) is 0 Å². The number of carbonyl (C=O) groups is 1. The van der Waals surface area contributed by atoms with Crippen LogP contribution in [0.2, 0.25) is 5.02 Å². The molecule has 1 aromatic heterocycles. The SMILES string of the molecule is COc1ccc(-n2ncc(C(=O)NCc3ccccc3Cl)c2C2CCNCC2)cc1.Cl. The van der Waals surface area contributed by atoms with Crippen LogP contribution in [0.3, 0.4) is 0 Å². The monoisotopic (exact) mass is 460 g/mol. The Bertz CT molecular complexity index is 1010. The maximum absolute atomic E-state index is 13.1. The van der Waals surface area contributed by atoms with Crippen molar-refractivity contribution in [1.29, 1.82) is 0 Å². The van der Waals surface area contributed by atoms with Gasteiger partial charge < -0.3 is 15.4 Å². The zero-order valence-corrected chi connectivity index (χ0v) is 18.9. The van der Waals surface area contributed by atoms with Crippen molar-refractivity contribution in [2.24, 2.45) is 0 Å². The van der Waals surface area contributed by atoms with E-state index in [1.54, 1.807) is 13.3 Å². The number of hydrogen-bond donors (Lipinski definition) is 2. The Balaban J connectivity index is 0.00000272. The number of piperidine rings is 1. The zero-order valence-electron chi connectivity index (χ0n) is 17.3. The van der Waals surface area contributed by atoms with Crippen molar-refractivity contribution in [1.82, 2.24) is 20.4 Å². The van der Waals surface area contributed by atoms with E-state index in [-0.39, 0.29) is 24.2 Å². The van der Waals surface area contributed by atoms with Gasteiger partial charge in [0, 0.05) is 17.5 Å². The van der Waals surface area contributed by atoms with Gasteiger partial charge in [0.2, 0.25) is 0 Å². The lowest BCUT2D eigenvalue weighted by atomic mass is 9.91. The summed E-state index contributed by atoms with van der Waals surface area (Å²) in [5.74, 6) is 0.909. The first-order valence-electron chi connectivity index (χ1n) is 10.1. The number of methoxy groups -OCH3 is 1. The van der Waals surface area contributed by atoms with Crippen molar-refractivity contribution >= 4 is 29.9 Å². The van der Waals surface area contributed by atoms with E-state index >= 15 is 0 Å². The van der Waals surface area contributed by atoms with Gasteiger partial charge in [-0.3, -0.25) is 4.79 Å². The van der Waals surface area contributed by atoms with Crippen LogP contribution in [0.5, 0.6) is 5.75 Å². The number of ether oxygens (including phenoxy) is 1. The van der Waals surface area contributed by atoms with Crippen molar-refractivity contribution < 1.29 is 9.53 Å². The maximum Gasteiger partial charge on any atom is 0.255 e. The molecule has 4 rings (SSSR count). The van der Waals surface area contributed by atoms with Gasteiger partial charge in [0.1, 0.15) is 5.75 Å². The smallest absolute Gasteiger partial charge is 0.255 e. The van der Waals surface area contributed by atoms with Crippen LogP contribution in [-0.4, -0.2) is 35.9 Å². The molecule has 2 aromatic carbocycles. The van der Waals surface area contributed by atoms with Gasteiger partial charge in [0.05, 0.1) is 30.3 Å². The molecule has 2 N–H and O–H groups in total. The standard InChI is InChI=1S/C23H25ClN4O2.ClH/c1-30-19-8-6-18(7-9-19)28-22(16-10-12-25-13-11-16)20(15-27-28)23(29)26-14-17-4-2-3-5-21(17)24;/h2-9,15-16,25H,10-14H2,1H3,(H,26,29);1H. The van der Waals surface area contributed by atoms with E-state index in [1.807, 2.05) is 53.2 Å². The fraction of sp³-hybridized carbons (Fsp3) is 0.304. The van der Waals surface area contributed by atoms with Crippen LogP contribution in [0.15, 0.2) is 54.7 Å². The van der Waals surface area contributed by atoms with E-state index in [9.17, 15) is 4.79 Å². The van der Waals surface area contributed by atoms with Crippen molar-refractivity contribution in [3.63, 3.8) is 0 Å². The molecule has 0 aliphatic carbocycles. The van der Waals surface area contributed by atoms with Crippen LogP contribution in [0.25, 0.3) is 5.69 Å². The second-order valence-corrected chi connectivity index (χ2v) is 7.76. The molecule has 0 radical (unpaired) electrons. The lowest BCUT2D eigenvalue weighted by Gasteiger charge is -2.24. The molecule has 3 aromatic rings. The fourth-order valence-electron chi connectivity index (χ4n) is 3.86. The van der Waals surface area contributed by atoms with Crippen LogP contribution >= 0.6 is 24.0 Å². The molecule has 31 heavy (non-hydrogen) atoms. The normalized spacial score (nSPS) is 14.0. The molecule has 0 atom stereocenters. The number of benzene rings is 2. The van der Waals surface area contributed by atoms with Crippen molar-refractivity contribution in [2.45, 2.75) is 25.3 Å². The first-order chi connectivity index (χ1) is 14.7. The van der Waals surface area contributed by atoms with E-state index < -0.39 is 0 Å². The van der Waals surface area contributed by atoms with Crippen molar-refractivity contribution in [3.8, 4) is 11.4 Å². The summed E-state index contributed by atoms with van der Waals surface area (Å²) in [6.07, 6.45) is 3.60. The quantitative estimate of drug-likeness (QED) is 0.573. The average molecular weight is 461 g/mol. The molecule has 1 saturated heterocycles. The van der Waals surface area contributed by atoms with Crippen LogP contribution in [0.4, 0.5) is 0 Å². The molecule has 164 valence electrons. The summed E-state index contributed by atoms with van der Waals surface area (Å²) in [6.45, 7) is 2.23. The third kappa shape index (κ3) is 5.21. The van der Waals surface area contributed by atoms with Gasteiger partial charge >= 0.3 is 0 Å². The summed E-state index contributed by atoms with van der Waals surface area (Å²) in [4.78, 5) is 13.1. The second kappa shape index (κ2) is 10.7. The Kier molecular flexibility index (Phi) is 7.96. The Hall–Kier alpha value is -2.54. The minimum absolute atomic E-state index is 0. The van der Waals surface area contributed by atoms with Gasteiger partial charge in [0.25, 0.3) is 5.91 Å². The highest BCUT2D eigenvalue weighted by atomic mass is 35.5. The summed E-state index contributed by atoms with van der Waals surface area (Å²) < 4.78 is 7.15. The lowest BCUT2D eigenvalue weighted by Crippen LogP contribution is -2.30. The highest BCUT2D eigenvalue weighted by molar-refractivity contribution is 6.31. The Morgan fingerprint density at radius 2 is 1.90 bits per heavy atom. The van der Waals surface area contributed by atoms with Crippen LogP contribution in [0.1, 0.15) is 40.4 Å². The molecule has 2 heterocycles. The van der Waals surface area contributed by atoms with E-state index in [0.29, 0.717) is 17.1 Å². The fourth-order valence-corrected chi connectivity index (χ4v) is 4.07. The maximum atomic E-state index is 13.1. The number of aromatic nitrogens is 2. The number of hydrogen-bond acceptors (Lipinski definition) is 4. The van der Waals surface area contributed by atoms with Gasteiger partial charge in [-0.05, 0) is 61.8 Å². The Labute approximate surface area is 193 Å². The van der Waals surface area contributed by atoms with Crippen molar-refractivity contribution in [2.75, 3.05) is 20.2 Å². The molecule has 1 fully saturated rings. The van der Waals surface area contributed by atoms with Gasteiger partial charge in [-0.15, -0.1) is 12.4 Å². The summed E-state index contributed by atoms with van der Waals surface area (Å²) in [7, 11) is 1.64. The molecule has 8 heteroatoms. The third-order valence-corrected chi connectivity index (χ3v) is 5.86. The molecule has 6 nitrogen and oxygen atoms in total. The molecular formula is C23H26Cl2N4O2. The second-order valence-electron chi connectivity index (χ2n) is 7.35. The number of amides is 1. The molecule has 1 aliphatic rings. The zero-order chi connectivity index (χ0) is 20.9. The molecule has 0 saturated carbocycles. The number of carbonyl (C=O) groups excluding carboxylic acids is 1. The minimum Gasteiger partial charge on any atom is -0.497 e. The largest absolute Gasteiger partial charge is 0.497 e. The molecule has 1 aliphatic heterocycles. The van der Waals surface area contributed by atoms with Crippen LogP contribution in [-0.2, 0) is 6.54 Å². The Morgan fingerprint density at radius 3 is 2.58 bits per heavy atom. The van der Waals surface area contributed by atoms with Gasteiger partial charge in [-0.25, -0.2) is 4.68 Å². The minimum atomic E-state index is -0.136. The predicted molar refractivity (Wildman–Crippen MR) is 125 cm³/mol. The summed E-state index contributed by atoms with van der Waals surface area (Å²) in [6, 6.07) is 15.3. The topological polar surface area (TPSA) is 68.2 Å². The molecular weight excluding hydrogens is 435 g/mol. The van der Waals surface area contributed by atoms with E-state index in [1.165, 1.54) is 0 Å². The highest BCUT2D eigenvalue weighted by Crippen LogP contribution is 2.30. The van der Waals surface area contributed by atoms with E-state index in [0.717, 1.165) is 48.6 Å². The molecule has 1 amide bonds. The van der Waals surface area contributed by atoms with Gasteiger partial charge in [0.15, 0.2) is 0 Å². The molecule has 0 bridgehead atoms. The van der Waals surface area contributed by atoms with E-state index in [2.05, 4.69) is 15.7 Å². The Morgan fingerprint density at radius 1 is 1.19 bits per heavy atom. The first-order valence-corrected chi connectivity index (χ1v) is 10.5. The summed E-state index contributed by atoms with van der Waals surface area (Å²) in [5, 5.41) is 11.6. The lowest BCUT2D eigenvalue weighted by molar-refractivity contribution is 0.0949. The van der Waals surface area contributed by atoms with E-state index in [4.69, 9.17) is 16.3 Å². The van der Waals surface area contributed by atoms with Crippen LogP contribution < -0.4 is 15.4 Å². The third-order valence-electron chi connectivity index (χ3n) is 5.49. The molecule has 0 spiro atoms. The highest BCUT2D eigenvalue weighted by Gasteiger charge is 2.27. The number of nitrogens with one attached hydrogen (secondary N) is 2. The first kappa shape index (κ1) is 23.1. The van der Waals surface area contributed by atoms with Crippen molar-refractivity contribution in [3.05, 3.63) is 76.6 Å². The predicted octanol–water partition coefficient (Wildman–Crippen LogP) is 4.35. The summed E-state index contributed by atoms with van der Waals surface area (Å²) >= 11 is 6.23.